The van der Waals surface area contributed by atoms with E-state index >= 15 is 0 Å². The van der Waals surface area contributed by atoms with Crippen molar-refractivity contribution >= 4 is 23.2 Å². The molecule has 5 rings (SSSR count). The minimum atomic E-state index is -0.0942. The first-order valence-electron chi connectivity index (χ1n) is 8.93. The number of fused-ring (bicyclic) bond motifs is 1. The number of aromatic nitrogens is 2. The summed E-state index contributed by atoms with van der Waals surface area (Å²) >= 11 is 1.62. The van der Waals surface area contributed by atoms with Crippen molar-refractivity contribution in [1.29, 1.82) is 0 Å². The van der Waals surface area contributed by atoms with Crippen molar-refractivity contribution in [3.63, 3.8) is 0 Å². The van der Waals surface area contributed by atoms with Crippen LogP contribution in [0.4, 0.5) is 0 Å². The van der Waals surface area contributed by atoms with E-state index in [4.69, 9.17) is 9.84 Å². The maximum absolute atomic E-state index is 12.8. The molecule has 3 heterocycles. The molecule has 2 aromatic heterocycles. The third-order valence-electron chi connectivity index (χ3n) is 4.63. The lowest BCUT2D eigenvalue weighted by atomic mass is 10.1. The van der Waals surface area contributed by atoms with Crippen LogP contribution in [0.2, 0.25) is 0 Å². The highest BCUT2D eigenvalue weighted by Crippen LogP contribution is 2.35. The molecule has 136 valence electrons. The second-order valence-electron chi connectivity index (χ2n) is 6.63. The summed E-state index contributed by atoms with van der Waals surface area (Å²) in [5, 5.41) is 6.79. The van der Waals surface area contributed by atoms with E-state index in [1.807, 2.05) is 83.8 Å². The normalized spacial score (nSPS) is 14.3. The predicted octanol–water partition coefficient (Wildman–Crippen LogP) is 5.53. The molecule has 0 fully saturated rings. The molecule has 0 saturated heterocycles. The van der Waals surface area contributed by atoms with Crippen LogP contribution in [0.5, 0.6) is 5.75 Å². The van der Waals surface area contributed by atoms with Crippen molar-refractivity contribution < 1.29 is 9.53 Å². The summed E-state index contributed by atoms with van der Waals surface area (Å²) in [6, 6.07) is 19.6. The van der Waals surface area contributed by atoms with Gasteiger partial charge in [0, 0.05) is 11.8 Å². The molecule has 4 aromatic rings. The van der Waals surface area contributed by atoms with Crippen molar-refractivity contribution in [2.45, 2.75) is 6.92 Å². The maximum Gasteiger partial charge on any atom is 0.231 e. The molecule has 1 aliphatic heterocycles. The van der Waals surface area contributed by atoms with Crippen molar-refractivity contribution in [1.82, 2.24) is 9.78 Å². The van der Waals surface area contributed by atoms with Gasteiger partial charge in [0.25, 0.3) is 0 Å². The van der Waals surface area contributed by atoms with Crippen molar-refractivity contribution in [2.24, 2.45) is 0 Å². The number of ketones is 1. The summed E-state index contributed by atoms with van der Waals surface area (Å²) in [7, 11) is 0. The van der Waals surface area contributed by atoms with Crippen LogP contribution in [0.25, 0.3) is 22.3 Å². The zero-order valence-electron chi connectivity index (χ0n) is 15.1. The Labute approximate surface area is 166 Å². The second-order valence-corrected chi connectivity index (χ2v) is 7.58. The second kappa shape index (κ2) is 6.62. The topological polar surface area (TPSA) is 44.1 Å². The number of ether oxygens (including phenoxy) is 1. The third-order valence-corrected chi connectivity index (χ3v) is 5.50. The Morgan fingerprint density at radius 3 is 2.71 bits per heavy atom. The average molecular weight is 384 g/mol. The Hall–Kier alpha value is -3.44. The van der Waals surface area contributed by atoms with Gasteiger partial charge in [-0.3, -0.25) is 4.79 Å². The van der Waals surface area contributed by atoms with Crippen LogP contribution >= 0.6 is 11.3 Å². The van der Waals surface area contributed by atoms with Crippen molar-refractivity contribution in [3.05, 3.63) is 94.7 Å². The molecule has 5 heteroatoms. The summed E-state index contributed by atoms with van der Waals surface area (Å²) in [6.07, 6.45) is 3.72. The lowest BCUT2D eigenvalue weighted by molar-refractivity contribution is 0.101. The summed E-state index contributed by atoms with van der Waals surface area (Å²) in [5.41, 5.74) is 4.28. The first-order valence-corrected chi connectivity index (χ1v) is 9.81. The minimum absolute atomic E-state index is 0.0942. The summed E-state index contributed by atoms with van der Waals surface area (Å²) in [5.74, 6) is 0.837. The van der Waals surface area contributed by atoms with E-state index in [0.29, 0.717) is 17.1 Å². The van der Waals surface area contributed by atoms with Gasteiger partial charge in [-0.15, -0.1) is 11.3 Å². The van der Waals surface area contributed by atoms with Gasteiger partial charge < -0.3 is 4.74 Å². The van der Waals surface area contributed by atoms with E-state index < -0.39 is 0 Å². The number of rotatable bonds is 3. The lowest BCUT2D eigenvalue weighted by Gasteiger charge is -1.99. The number of aryl methyl sites for hydroxylation is 1. The Morgan fingerprint density at radius 2 is 1.93 bits per heavy atom. The van der Waals surface area contributed by atoms with Crippen LogP contribution in [0.15, 0.2) is 78.0 Å². The number of hydrogen-bond donors (Lipinski definition) is 0. The molecular formula is C23H16N2O2S. The zero-order chi connectivity index (χ0) is 19.1. The Morgan fingerprint density at radius 1 is 1.07 bits per heavy atom. The van der Waals surface area contributed by atoms with E-state index in [1.54, 1.807) is 17.4 Å². The van der Waals surface area contributed by atoms with Gasteiger partial charge in [0.1, 0.15) is 11.4 Å². The monoisotopic (exact) mass is 384 g/mol. The molecule has 0 bridgehead atoms. The molecule has 4 nitrogen and oxygen atoms in total. The number of carbonyl (C=O) groups excluding carboxylic acids is 1. The molecule has 0 unspecified atom stereocenters. The Balaban J connectivity index is 1.61. The van der Waals surface area contributed by atoms with E-state index in [2.05, 4.69) is 0 Å². The highest BCUT2D eigenvalue weighted by atomic mass is 32.1. The largest absolute Gasteiger partial charge is 0.452 e. The quantitative estimate of drug-likeness (QED) is 0.437. The van der Waals surface area contributed by atoms with Gasteiger partial charge in [0.05, 0.1) is 16.1 Å². The Bertz CT molecular complexity index is 1200. The molecule has 0 N–H and O–H groups in total. The zero-order valence-corrected chi connectivity index (χ0v) is 15.9. The molecule has 0 spiro atoms. The fourth-order valence-electron chi connectivity index (χ4n) is 3.25. The summed E-state index contributed by atoms with van der Waals surface area (Å²) in [4.78, 5) is 13.9. The number of para-hydroxylation sites is 1. The molecule has 0 saturated carbocycles. The highest BCUT2D eigenvalue weighted by molar-refractivity contribution is 7.13. The van der Waals surface area contributed by atoms with Gasteiger partial charge in [-0.25, -0.2) is 4.68 Å². The van der Waals surface area contributed by atoms with Crippen molar-refractivity contribution in [2.75, 3.05) is 0 Å². The third kappa shape index (κ3) is 2.86. The molecule has 28 heavy (non-hydrogen) atoms. The van der Waals surface area contributed by atoms with Gasteiger partial charge in [-0.05, 0) is 48.7 Å². The molecule has 1 aliphatic rings. The summed E-state index contributed by atoms with van der Waals surface area (Å²) in [6.45, 7) is 1.97. The van der Waals surface area contributed by atoms with Crippen molar-refractivity contribution in [3.8, 4) is 22.0 Å². The number of hydrogen-bond acceptors (Lipinski definition) is 4. The van der Waals surface area contributed by atoms with E-state index in [-0.39, 0.29) is 5.78 Å². The van der Waals surface area contributed by atoms with Gasteiger partial charge >= 0.3 is 0 Å². The smallest absolute Gasteiger partial charge is 0.231 e. The van der Waals surface area contributed by atoms with Crippen LogP contribution in [0.3, 0.4) is 0 Å². The highest BCUT2D eigenvalue weighted by Gasteiger charge is 2.28. The number of thiophene rings is 1. The molecule has 2 aromatic carbocycles. The van der Waals surface area contributed by atoms with E-state index in [0.717, 1.165) is 27.4 Å². The van der Waals surface area contributed by atoms with Gasteiger partial charge in [-0.1, -0.05) is 35.9 Å². The first-order chi connectivity index (χ1) is 13.7. The summed E-state index contributed by atoms with van der Waals surface area (Å²) < 4.78 is 7.67. The van der Waals surface area contributed by atoms with Gasteiger partial charge in [0.15, 0.2) is 5.76 Å². The van der Waals surface area contributed by atoms with Crippen LogP contribution < -0.4 is 4.74 Å². The standard InChI is InChI=1S/C23H16N2O2S/c1-15-9-10-19-18(12-15)23(26)20(27-19)13-16-14-25(17-6-3-2-4-7-17)24-22(16)21-8-5-11-28-21/h2-14H,1H3/b20-13-. The van der Waals surface area contributed by atoms with Crippen LogP contribution in [-0.2, 0) is 0 Å². The number of allylic oxidation sites excluding steroid dienone is 1. The van der Waals surface area contributed by atoms with Crippen LogP contribution in [-0.4, -0.2) is 15.6 Å². The van der Waals surface area contributed by atoms with Gasteiger partial charge in [0.2, 0.25) is 5.78 Å². The number of carbonyl (C=O) groups is 1. The van der Waals surface area contributed by atoms with Crippen LogP contribution in [0, 0.1) is 6.92 Å². The lowest BCUT2D eigenvalue weighted by Crippen LogP contribution is -1.98. The fourth-order valence-corrected chi connectivity index (χ4v) is 3.99. The molecule has 0 amide bonds. The number of Topliss-reactive ketones (excluding diaryl/α,β-unsaturated/α-hetero) is 1. The number of nitrogens with zero attached hydrogens (tertiary/aromatic N) is 2. The van der Waals surface area contributed by atoms with Crippen LogP contribution in [0.1, 0.15) is 21.5 Å². The molecule has 0 radical (unpaired) electrons. The minimum Gasteiger partial charge on any atom is -0.452 e. The average Bonchev–Trinajstić information content (AvgIpc) is 3.44. The SMILES string of the molecule is Cc1ccc2c(c1)C(=O)/C(=C/c1cn(-c3ccccc3)nc1-c1cccs1)O2. The molecule has 0 atom stereocenters. The fraction of sp³-hybridized carbons (Fsp3) is 0.0435. The molecular weight excluding hydrogens is 368 g/mol. The number of benzene rings is 2. The first kappa shape index (κ1) is 16.7. The van der Waals surface area contributed by atoms with E-state index in [9.17, 15) is 4.79 Å². The molecule has 0 aliphatic carbocycles. The maximum atomic E-state index is 12.8. The predicted molar refractivity (Wildman–Crippen MR) is 111 cm³/mol. The van der Waals surface area contributed by atoms with Gasteiger partial charge in [-0.2, -0.15) is 5.10 Å². The Kier molecular flexibility index (Phi) is 3.95. The van der Waals surface area contributed by atoms with E-state index in [1.165, 1.54) is 0 Å².